The maximum atomic E-state index is 11.4. The molecule has 98 valence electrons. The van der Waals surface area contributed by atoms with Crippen LogP contribution in [0, 0.1) is 0 Å². The fourth-order valence-electron chi connectivity index (χ4n) is 1.04. The van der Waals surface area contributed by atoms with Crippen molar-refractivity contribution in [3.05, 3.63) is 0 Å². The van der Waals surface area contributed by atoms with Crippen molar-refractivity contribution in [1.29, 1.82) is 0 Å². The summed E-state index contributed by atoms with van der Waals surface area (Å²) in [6.07, 6.45) is -1.10. The molecule has 0 saturated heterocycles. The Hall–Kier alpha value is -1.20. The first kappa shape index (κ1) is 15.8. The van der Waals surface area contributed by atoms with E-state index in [0.29, 0.717) is 0 Å². The van der Waals surface area contributed by atoms with E-state index < -0.39 is 20.1 Å². The molecule has 1 N–H and O–H groups in total. The number of hydrogen-bond donors (Lipinski definition) is 1. The van der Waals surface area contributed by atoms with Gasteiger partial charge < -0.3 is 9.47 Å². The molecule has 17 heavy (non-hydrogen) atoms. The summed E-state index contributed by atoms with van der Waals surface area (Å²) in [5.74, 6) is -0.463. The molecule has 1 amide bonds. The minimum atomic E-state index is -2.50. The van der Waals surface area contributed by atoms with Gasteiger partial charge in [-0.15, -0.1) is 0 Å². The molecule has 0 heterocycles. The van der Waals surface area contributed by atoms with Crippen LogP contribution in [-0.2, 0) is 18.8 Å². The summed E-state index contributed by atoms with van der Waals surface area (Å²) in [6, 6.07) is 0. The first-order chi connectivity index (χ1) is 8.01. The number of hydrogen-bond acceptors (Lipinski definition) is 5. The molecule has 0 aliphatic heterocycles. The molecule has 0 spiro atoms. The van der Waals surface area contributed by atoms with Crippen LogP contribution in [0.3, 0.4) is 0 Å². The Morgan fingerprint density at radius 2 is 1.82 bits per heavy atom. The van der Waals surface area contributed by atoms with Gasteiger partial charge >= 0.3 is 20.1 Å². The molecular formula is C9H17NO6P+. The Balaban J connectivity index is 4.23. The minimum absolute atomic E-state index is 0.000694. The third-order valence-corrected chi connectivity index (χ3v) is 2.29. The fraction of sp³-hybridized carbons (Fsp3) is 0.778. The van der Waals surface area contributed by atoms with Crippen molar-refractivity contribution < 1.29 is 28.5 Å². The maximum absolute atomic E-state index is 11.4. The molecular weight excluding hydrogens is 249 g/mol. The van der Waals surface area contributed by atoms with Gasteiger partial charge in [-0.3, -0.25) is 9.69 Å². The van der Waals surface area contributed by atoms with E-state index in [0.717, 1.165) is 4.90 Å². The van der Waals surface area contributed by atoms with Gasteiger partial charge in [-0.25, -0.2) is 4.79 Å². The smallest absolute Gasteiger partial charge is 0.466 e. The lowest BCUT2D eigenvalue weighted by Gasteiger charge is -2.15. The Bertz CT molecular complexity index is 283. The van der Waals surface area contributed by atoms with Crippen LogP contribution in [0.25, 0.3) is 0 Å². The highest BCUT2D eigenvalue weighted by molar-refractivity contribution is 7.37. The highest BCUT2D eigenvalue weighted by Crippen LogP contribution is 2.16. The Kier molecular flexibility index (Phi) is 8.27. The van der Waals surface area contributed by atoms with Crippen molar-refractivity contribution in [1.82, 2.24) is 4.90 Å². The molecule has 1 unspecified atom stereocenters. The van der Waals surface area contributed by atoms with Crippen molar-refractivity contribution in [3.63, 3.8) is 0 Å². The molecule has 0 aromatic carbocycles. The van der Waals surface area contributed by atoms with Crippen LogP contribution in [0.5, 0.6) is 0 Å². The highest BCUT2D eigenvalue weighted by Gasteiger charge is 2.25. The normalized spacial score (nSPS) is 10.6. The first-order valence-corrected chi connectivity index (χ1v) is 6.61. The number of nitrogens with zero attached hydrogens (tertiary/aromatic N) is 1. The standard InChI is InChI=1S/C9H16NO6P/c1-3-15-8(11)5-6-10(7-17(13)14)9(12)16-4-2/h3-7H2,1-2H3/p+1. The summed E-state index contributed by atoms with van der Waals surface area (Å²) in [4.78, 5) is 32.2. The molecule has 0 aliphatic rings. The molecule has 1 atom stereocenters. The monoisotopic (exact) mass is 266 g/mol. The number of esters is 1. The summed E-state index contributed by atoms with van der Waals surface area (Å²) < 4.78 is 20.0. The summed E-state index contributed by atoms with van der Waals surface area (Å²) in [5.41, 5.74) is 0. The van der Waals surface area contributed by atoms with Gasteiger partial charge in [0, 0.05) is 6.54 Å². The van der Waals surface area contributed by atoms with E-state index in [1.54, 1.807) is 13.8 Å². The summed E-state index contributed by atoms with van der Waals surface area (Å²) in [7, 11) is -2.50. The fourth-order valence-corrected chi connectivity index (χ4v) is 1.59. The second-order valence-electron chi connectivity index (χ2n) is 3.01. The largest absolute Gasteiger partial charge is 0.527 e. The van der Waals surface area contributed by atoms with E-state index in [1.807, 2.05) is 0 Å². The first-order valence-electron chi connectivity index (χ1n) is 5.22. The van der Waals surface area contributed by atoms with Crippen molar-refractivity contribution >= 4 is 20.1 Å². The van der Waals surface area contributed by atoms with Gasteiger partial charge in [-0.2, -0.15) is 4.89 Å². The van der Waals surface area contributed by atoms with Crippen LogP contribution in [-0.4, -0.2) is 47.9 Å². The van der Waals surface area contributed by atoms with Gasteiger partial charge in [-0.1, -0.05) is 0 Å². The lowest BCUT2D eigenvalue weighted by atomic mass is 10.4. The summed E-state index contributed by atoms with van der Waals surface area (Å²) in [6.45, 7) is 3.72. The van der Waals surface area contributed by atoms with E-state index in [1.165, 1.54) is 0 Å². The zero-order chi connectivity index (χ0) is 13.3. The van der Waals surface area contributed by atoms with E-state index in [9.17, 15) is 14.2 Å². The van der Waals surface area contributed by atoms with Crippen LogP contribution in [0.4, 0.5) is 4.79 Å². The average Bonchev–Trinajstić information content (AvgIpc) is 2.24. The molecule has 0 fully saturated rings. The van der Waals surface area contributed by atoms with Crippen LogP contribution < -0.4 is 0 Å². The molecule has 0 aromatic heterocycles. The van der Waals surface area contributed by atoms with Crippen molar-refractivity contribution in [2.24, 2.45) is 0 Å². The number of amides is 1. The molecule has 0 aliphatic carbocycles. The summed E-state index contributed by atoms with van der Waals surface area (Å²) >= 11 is 0. The Morgan fingerprint density at radius 1 is 1.24 bits per heavy atom. The van der Waals surface area contributed by atoms with Crippen LogP contribution in [0.2, 0.25) is 0 Å². The van der Waals surface area contributed by atoms with Crippen molar-refractivity contribution in [2.75, 3.05) is 26.0 Å². The maximum Gasteiger partial charge on any atom is 0.527 e. The minimum Gasteiger partial charge on any atom is -0.466 e. The van der Waals surface area contributed by atoms with E-state index in [-0.39, 0.29) is 32.5 Å². The van der Waals surface area contributed by atoms with Gasteiger partial charge in [0.2, 0.25) is 0 Å². The van der Waals surface area contributed by atoms with Crippen molar-refractivity contribution in [2.45, 2.75) is 20.3 Å². The van der Waals surface area contributed by atoms with Crippen LogP contribution >= 0.6 is 8.03 Å². The van der Waals surface area contributed by atoms with E-state index >= 15 is 0 Å². The molecule has 0 aromatic rings. The van der Waals surface area contributed by atoms with Crippen LogP contribution in [0.1, 0.15) is 20.3 Å². The molecule has 8 heteroatoms. The number of ether oxygens (including phenoxy) is 2. The lowest BCUT2D eigenvalue weighted by Crippen LogP contribution is -2.33. The topological polar surface area (TPSA) is 93.1 Å². The molecule has 0 rings (SSSR count). The predicted molar refractivity (Wildman–Crippen MR) is 59.7 cm³/mol. The van der Waals surface area contributed by atoms with Crippen molar-refractivity contribution in [3.8, 4) is 0 Å². The highest BCUT2D eigenvalue weighted by atomic mass is 31.1. The SMILES string of the molecule is CCOC(=O)CCN(C[P+](=O)O)C(=O)OCC. The lowest BCUT2D eigenvalue weighted by molar-refractivity contribution is -0.143. The van der Waals surface area contributed by atoms with Gasteiger partial charge in [0.05, 0.1) is 19.6 Å². The van der Waals surface area contributed by atoms with Gasteiger partial charge in [-0.05, 0) is 18.4 Å². The van der Waals surface area contributed by atoms with Gasteiger partial charge in [0.1, 0.15) is 0 Å². The molecule has 0 radical (unpaired) electrons. The van der Waals surface area contributed by atoms with E-state index in [2.05, 4.69) is 4.74 Å². The Morgan fingerprint density at radius 3 is 2.29 bits per heavy atom. The predicted octanol–water partition coefficient (Wildman–Crippen LogP) is 1.09. The molecule has 0 saturated carbocycles. The number of carbonyl (C=O) groups excluding carboxylic acids is 2. The second kappa shape index (κ2) is 8.90. The third kappa shape index (κ3) is 7.65. The second-order valence-corrected chi connectivity index (χ2v) is 4.00. The quantitative estimate of drug-likeness (QED) is 0.547. The zero-order valence-corrected chi connectivity index (χ0v) is 10.8. The molecule has 0 bridgehead atoms. The molecule has 7 nitrogen and oxygen atoms in total. The van der Waals surface area contributed by atoms with Gasteiger partial charge in [0.25, 0.3) is 6.29 Å². The Labute approximate surface area is 101 Å². The van der Waals surface area contributed by atoms with Crippen LogP contribution in [0.15, 0.2) is 0 Å². The zero-order valence-electron chi connectivity index (χ0n) is 9.92. The number of carbonyl (C=O) groups is 2. The summed E-state index contributed by atoms with van der Waals surface area (Å²) in [5, 5.41) is 0. The number of rotatable bonds is 7. The third-order valence-electron chi connectivity index (χ3n) is 1.71. The average molecular weight is 266 g/mol. The van der Waals surface area contributed by atoms with Gasteiger partial charge in [0.15, 0.2) is 0 Å². The van der Waals surface area contributed by atoms with E-state index in [4.69, 9.17) is 9.63 Å².